The quantitative estimate of drug-likeness (QED) is 0.852. The van der Waals surface area contributed by atoms with Gasteiger partial charge in [0.1, 0.15) is 0 Å². The lowest BCUT2D eigenvalue weighted by Crippen LogP contribution is -2.24. The van der Waals surface area contributed by atoms with Gasteiger partial charge >= 0.3 is 0 Å². The number of aromatic nitrogens is 2. The third kappa shape index (κ3) is 2.83. The molecule has 1 aromatic heterocycles. The minimum Gasteiger partial charge on any atom is -0.311 e. The summed E-state index contributed by atoms with van der Waals surface area (Å²) in [6.07, 6.45) is 0.404. The Morgan fingerprint density at radius 2 is 1.91 bits per heavy atom. The molecule has 1 saturated heterocycles. The van der Waals surface area contributed by atoms with Crippen molar-refractivity contribution in [2.24, 2.45) is 0 Å². The summed E-state index contributed by atoms with van der Waals surface area (Å²) < 4.78 is 0. The molecular formula is C16H17N3O2S. The van der Waals surface area contributed by atoms with Crippen LogP contribution in [0.3, 0.4) is 0 Å². The van der Waals surface area contributed by atoms with E-state index < -0.39 is 0 Å². The van der Waals surface area contributed by atoms with Crippen LogP contribution in [-0.2, 0) is 9.59 Å². The summed E-state index contributed by atoms with van der Waals surface area (Å²) in [5.41, 5.74) is 4.24. The molecule has 0 N–H and O–H groups in total. The van der Waals surface area contributed by atoms with Crippen LogP contribution in [0.4, 0.5) is 5.69 Å². The standard InChI is InChI=1S/C16H17N3O2S/c1-9-10(2)18-15-6-12(4-5-14(15)17-9)19-8-13(7-16(19)21)22-11(3)20/h4-6,13H,7-8H2,1-3H3. The van der Waals surface area contributed by atoms with Crippen molar-refractivity contribution in [3.8, 4) is 0 Å². The van der Waals surface area contributed by atoms with Crippen molar-refractivity contribution < 1.29 is 9.59 Å². The average molecular weight is 315 g/mol. The number of anilines is 1. The first kappa shape index (κ1) is 15.0. The van der Waals surface area contributed by atoms with E-state index in [1.807, 2.05) is 32.0 Å². The summed E-state index contributed by atoms with van der Waals surface area (Å²) in [7, 11) is 0. The highest BCUT2D eigenvalue weighted by atomic mass is 32.2. The van der Waals surface area contributed by atoms with Crippen molar-refractivity contribution >= 4 is 39.5 Å². The Labute approximate surface area is 133 Å². The van der Waals surface area contributed by atoms with Gasteiger partial charge in [0.15, 0.2) is 5.12 Å². The van der Waals surface area contributed by atoms with Crippen molar-refractivity contribution in [3.05, 3.63) is 29.6 Å². The second-order valence-corrected chi connectivity index (χ2v) is 6.98. The van der Waals surface area contributed by atoms with Crippen molar-refractivity contribution in [2.75, 3.05) is 11.4 Å². The lowest BCUT2D eigenvalue weighted by Gasteiger charge is -2.17. The van der Waals surface area contributed by atoms with E-state index in [0.717, 1.165) is 28.1 Å². The zero-order valence-corrected chi connectivity index (χ0v) is 13.6. The van der Waals surface area contributed by atoms with E-state index in [4.69, 9.17) is 0 Å². The fourth-order valence-electron chi connectivity index (χ4n) is 2.62. The number of rotatable bonds is 2. The summed E-state index contributed by atoms with van der Waals surface area (Å²) in [6, 6.07) is 5.68. The van der Waals surface area contributed by atoms with Crippen LogP contribution in [0.2, 0.25) is 0 Å². The largest absolute Gasteiger partial charge is 0.311 e. The van der Waals surface area contributed by atoms with Gasteiger partial charge in [0.25, 0.3) is 0 Å². The number of thioether (sulfide) groups is 1. The molecule has 6 heteroatoms. The van der Waals surface area contributed by atoms with Crippen LogP contribution in [0.15, 0.2) is 18.2 Å². The highest BCUT2D eigenvalue weighted by Crippen LogP contribution is 2.30. The zero-order chi connectivity index (χ0) is 15.9. The van der Waals surface area contributed by atoms with Crippen LogP contribution in [0, 0.1) is 13.8 Å². The number of nitrogens with zero attached hydrogens (tertiary/aromatic N) is 3. The van der Waals surface area contributed by atoms with Gasteiger partial charge in [0.2, 0.25) is 5.91 Å². The lowest BCUT2D eigenvalue weighted by atomic mass is 10.2. The van der Waals surface area contributed by atoms with Crippen molar-refractivity contribution in [3.63, 3.8) is 0 Å². The number of carbonyl (C=O) groups is 2. The summed E-state index contributed by atoms with van der Waals surface area (Å²) in [4.78, 5) is 34.2. The maximum absolute atomic E-state index is 12.2. The number of hydrogen-bond donors (Lipinski definition) is 0. The first-order valence-corrected chi connectivity index (χ1v) is 8.04. The summed E-state index contributed by atoms with van der Waals surface area (Å²) >= 11 is 1.24. The number of fused-ring (bicyclic) bond motifs is 1. The van der Waals surface area contributed by atoms with E-state index in [9.17, 15) is 9.59 Å². The molecule has 0 aliphatic carbocycles. The van der Waals surface area contributed by atoms with Crippen molar-refractivity contribution in [2.45, 2.75) is 32.4 Å². The molecule has 114 valence electrons. The molecule has 1 aromatic carbocycles. The van der Waals surface area contributed by atoms with Gasteiger partial charge in [0.05, 0.1) is 22.4 Å². The number of hydrogen-bond acceptors (Lipinski definition) is 5. The Morgan fingerprint density at radius 3 is 2.59 bits per heavy atom. The molecule has 1 atom stereocenters. The monoisotopic (exact) mass is 315 g/mol. The predicted molar refractivity (Wildman–Crippen MR) is 88.0 cm³/mol. The number of benzene rings is 1. The molecule has 0 saturated carbocycles. The van der Waals surface area contributed by atoms with Crippen LogP contribution in [0.5, 0.6) is 0 Å². The average Bonchev–Trinajstić information content (AvgIpc) is 2.79. The molecule has 1 amide bonds. The minimum absolute atomic E-state index is 0.0338. The molecule has 3 rings (SSSR count). The fraction of sp³-hybridized carbons (Fsp3) is 0.375. The summed E-state index contributed by atoms with van der Waals surface area (Å²) in [5, 5.41) is 0.0849. The molecule has 5 nitrogen and oxygen atoms in total. The lowest BCUT2D eigenvalue weighted by molar-refractivity contribution is -0.117. The molecule has 1 aliphatic rings. The first-order valence-electron chi connectivity index (χ1n) is 7.16. The first-order chi connectivity index (χ1) is 10.4. The Morgan fingerprint density at radius 1 is 1.23 bits per heavy atom. The molecule has 2 heterocycles. The Bertz CT molecular complexity index is 775. The zero-order valence-electron chi connectivity index (χ0n) is 12.8. The molecule has 0 radical (unpaired) electrons. The van der Waals surface area contributed by atoms with Gasteiger partial charge in [0, 0.05) is 30.8 Å². The maximum atomic E-state index is 12.2. The summed E-state index contributed by atoms with van der Waals surface area (Å²) in [5.74, 6) is 0.0508. The molecule has 1 fully saturated rings. The summed E-state index contributed by atoms with van der Waals surface area (Å²) in [6.45, 7) is 5.96. The number of aryl methyl sites for hydroxylation is 2. The normalized spacial score (nSPS) is 18.2. The topological polar surface area (TPSA) is 63.2 Å². The Kier molecular flexibility index (Phi) is 3.87. The highest BCUT2D eigenvalue weighted by Gasteiger charge is 2.32. The molecule has 2 aromatic rings. The van der Waals surface area contributed by atoms with E-state index in [1.54, 1.807) is 4.90 Å². The van der Waals surface area contributed by atoms with Crippen LogP contribution in [-0.4, -0.2) is 32.8 Å². The van der Waals surface area contributed by atoms with E-state index in [-0.39, 0.29) is 16.3 Å². The SMILES string of the molecule is CC(=O)SC1CC(=O)N(c2ccc3nc(C)c(C)nc3c2)C1. The molecule has 0 bridgehead atoms. The van der Waals surface area contributed by atoms with E-state index in [2.05, 4.69) is 9.97 Å². The molecule has 1 unspecified atom stereocenters. The highest BCUT2D eigenvalue weighted by molar-refractivity contribution is 8.14. The van der Waals surface area contributed by atoms with Gasteiger partial charge in [-0.2, -0.15) is 0 Å². The van der Waals surface area contributed by atoms with Crippen LogP contribution < -0.4 is 4.90 Å². The van der Waals surface area contributed by atoms with Gasteiger partial charge < -0.3 is 4.90 Å². The van der Waals surface area contributed by atoms with Gasteiger partial charge in [-0.1, -0.05) is 11.8 Å². The molecular weight excluding hydrogens is 298 g/mol. The number of carbonyl (C=O) groups excluding carboxylic acids is 2. The van der Waals surface area contributed by atoms with E-state index >= 15 is 0 Å². The van der Waals surface area contributed by atoms with Crippen LogP contribution >= 0.6 is 11.8 Å². The maximum Gasteiger partial charge on any atom is 0.228 e. The van der Waals surface area contributed by atoms with Crippen LogP contribution in [0.25, 0.3) is 11.0 Å². The van der Waals surface area contributed by atoms with E-state index in [0.29, 0.717) is 13.0 Å². The van der Waals surface area contributed by atoms with Crippen LogP contribution in [0.1, 0.15) is 24.7 Å². The molecule has 1 aliphatic heterocycles. The molecule has 0 spiro atoms. The van der Waals surface area contributed by atoms with Gasteiger partial charge in [-0.3, -0.25) is 9.59 Å². The van der Waals surface area contributed by atoms with Gasteiger partial charge in [-0.15, -0.1) is 0 Å². The minimum atomic E-state index is 0.0338. The van der Waals surface area contributed by atoms with Crippen molar-refractivity contribution in [1.29, 1.82) is 0 Å². The predicted octanol–water partition coefficient (Wildman–Crippen LogP) is 2.63. The smallest absolute Gasteiger partial charge is 0.228 e. The molecule has 22 heavy (non-hydrogen) atoms. The van der Waals surface area contributed by atoms with Gasteiger partial charge in [-0.25, -0.2) is 9.97 Å². The number of amides is 1. The third-order valence-corrected chi connectivity index (χ3v) is 4.77. The Balaban J connectivity index is 1.92. The Hall–Kier alpha value is -1.95. The van der Waals surface area contributed by atoms with E-state index in [1.165, 1.54) is 18.7 Å². The second kappa shape index (κ2) is 5.68. The third-order valence-electron chi connectivity index (χ3n) is 3.79. The fourth-order valence-corrected chi connectivity index (χ4v) is 3.54. The second-order valence-electron chi connectivity index (χ2n) is 5.51. The van der Waals surface area contributed by atoms with Gasteiger partial charge in [-0.05, 0) is 32.0 Å². The van der Waals surface area contributed by atoms with Crippen molar-refractivity contribution in [1.82, 2.24) is 9.97 Å².